The predicted molar refractivity (Wildman–Crippen MR) is 370 cm³/mol. The predicted octanol–water partition coefficient (Wildman–Crippen LogP) is 21.4. The summed E-state index contributed by atoms with van der Waals surface area (Å²) in [6.07, 6.45) is 57.1. The molecule has 1 radical (unpaired) electrons. The number of hydrogen-bond acceptors (Lipinski definition) is 9. The number of hydrogen-bond donors (Lipinski definition) is 2. The molecule has 1 rings (SSSR count). The molecule has 5 atom stereocenters. The minimum Gasteiger partial charge on any atom is -0.677 e. The average molecular weight is 1400 g/mol. The van der Waals surface area contributed by atoms with E-state index in [-0.39, 0.29) is 45.2 Å². The van der Waals surface area contributed by atoms with Gasteiger partial charge in [0.05, 0.1) is 25.2 Å². The third-order valence-electron chi connectivity index (χ3n) is 15.4. The van der Waals surface area contributed by atoms with Gasteiger partial charge in [0, 0.05) is 110 Å². The van der Waals surface area contributed by atoms with Crippen LogP contribution >= 0.6 is 31.1 Å². The standard InChI is InChI=1S/C29H57NO2.C23H44N.C10H21N2O2P.C8H17IO3.Y/c1-27(2)26-28(3)22-19-17-15-13-11-9-7-5-6-8-10-12-14-16-18-20-23-29(31)30-24-21-25-32-4;1-22-17-16-19-23(21-22)18-14-12-10-8-6-4-2-3-5-7-9-11-13-15-20-24;1-9(2)12(10(3)4)15(13-5)14-8-6-7-11;1-11-8(7-9)3-6-12-5-2-4-10;/h28H,1,5-26H2,2-4H3,(H,30,31);16,19,22-24H,2-15,17-18,20-21H2,1H3;9-10H,6,8H2,1-5H3;8,10H,2-7H2,1H3;/q;-1;;;. The number of rotatable bonds is 56. The summed E-state index contributed by atoms with van der Waals surface area (Å²) in [7, 11) is 4.03. The molecule has 1 amide bonds. The van der Waals surface area contributed by atoms with E-state index in [4.69, 9.17) is 39.4 Å². The molecule has 84 heavy (non-hydrogen) atoms. The number of carbonyl (C=O) groups is 1. The molecule has 1 aliphatic rings. The van der Waals surface area contributed by atoms with E-state index in [1.165, 1.54) is 217 Å². The van der Waals surface area contributed by atoms with Crippen LogP contribution in [0.5, 0.6) is 0 Å². The number of nitrogens with zero attached hydrogens (tertiary/aromatic N) is 2. The molecule has 0 saturated heterocycles. The first-order valence-corrected chi connectivity index (χ1v) is 37.0. The fraction of sp³-hybridized carbons (Fsp3) is 0.914. The number of aliphatic hydroxyl groups is 1. The Kier molecular flexibility index (Phi) is 80.1. The van der Waals surface area contributed by atoms with Crippen LogP contribution in [0.4, 0.5) is 0 Å². The Morgan fingerprint density at radius 1 is 0.714 bits per heavy atom. The number of unbranched alkanes of at least 4 members (excludes halogenated alkanes) is 28. The van der Waals surface area contributed by atoms with E-state index in [0.717, 1.165) is 74.0 Å². The smallest absolute Gasteiger partial charge is 0.258 e. The van der Waals surface area contributed by atoms with Crippen LogP contribution in [0.2, 0.25) is 0 Å². The van der Waals surface area contributed by atoms with Gasteiger partial charge in [0.25, 0.3) is 8.53 Å². The van der Waals surface area contributed by atoms with Crippen molar-refractivity contribution in [2.24, 2.45) is 17.8 Å². The van der Waals surface area contributed by atoms with E-state index in [1.807, 2.05) is 0 Å². The summed E-state index contributed by atoms with van der Waals surface area (Å²) in [4.78, 5) is 11.7. The number of allylic oxidation sites excluding steroid dienone is 3. The first-order chi connectivity index (χ1) is 40.3. The van der Waals surface area contributed by atoms with Crippen LogP contribution in [-0.4, -0.2) is 106 Å². The molecule has 497 valence electrons. The second-order valence-electron chi connectivity index (χ2n) is 24.6. The van der Waals surface area contributed by atoms with Crippen molar-refractivity contribution in [1.29, 1.82) is 5.26 Å². The minimum absolute atomic E-state index is 0. The van der Waals surface area contributed by atoms with E-state index in [9.17, 15) is 4.79 Å². The zero-order chi connectivity index (χ0) is 62.1. The quantitative estimate of drug-likeness (QED) is 0.0200. The van der Waals surface area contributed by atoms with Crippen molar-refractivity contribution in [1.82, 2.24) is 9.99 Å². The van der Waals surface area contributed by atoms with Gasteiger partial charge in [0.1, 0.15) is 0 Å². The van der Waals surface area contributed by atoms with Gasteiger partial charge < -0.3 is 39.4 Å². The number of methoxy groups -OCH3 is 2. The molecule has 0 aromatic heterocycles. The molecule has 0 heterocycles. The molecule has 0 bridgehead atoms. The summed E-state index contributed by atoms with van der Waals surface area (Å²) in [5.74, 6) is 2.83. The Morgan fingerprint density at radius 2 is 1.20 bits per heavy atom. The normalized spacial score (nSPS) is 14.8. The van der Waals surface area contributed by atoms with Gasteiger partial charge in [-0.05, 0) is 104 Å². The molecule has 3 N–H and O–H groups in total. The Morgan fingerprint density at radius 3 is 1.62 bits per heavy atom. The van der Waals surface area contributed by atoms with Crippen molar-refractivity contribution < 1.29 is 65.9 Å². The Bertz CT molecular complexity index is 1390. The van der Waals surface area contributed by atoms with Gasteiger partial charge in [-0.1, -0.05) is 247 Å². The van der Waals surface area contributed by atoms with Crippen molar-refractivity contribution in [2.75, 3.05) is 71.9 Å². The monoisotopic (exact) mass is 1390 g/mol. The molecular formula is C70H139IN4O7PY-. The van der Waals surface area contributed by atoms with E-state index < -0.39 is 8.53 Å². The molecule has 0 aromatic carbocycles. The molecule has 0 spiro atoms. The molecule has 1 aliphatic carbocycles. The minimum atomic E-state index is -1.03. The Hall–Kier alpha value is 0.384. The summed E-state index contributed by atoms with van der Waals surface area (Å²) in [6.45, 7) is 23.5. The third kappa shape index (κ3) is 69.9. The molecule has 5 unspecified atom stereocenters. The van der Waals surface area contributed by atoms with Crippen molar-refractivity contribution >= 4 is 37.0 Å². The SMILES string of the molecule is C=C(C)CC(C)CCCCCCCCCCCCCCCCCCC(=O)NCCCOC.CC1CC=CC(CCCCCCCCCCCCCCCC[NH-])C1.COC(CI)CCOCCCO.COP(OCCC#N)N(C(C)C)C(C)C.[Y]. The van der Waals surface area contributed by atoms with Crippen LogP contribution in [-0.2, 0) is 60.8 Å². The van der Waals surface area contributed by atoms with Gasteiger partial charge >= 0.3 is 0 Å². The molecule has 0 aliphatic heterocycles. The molecule has 0 aromatic rings. The largest absolute Gasteiger partial charge is 0.677 e. The number of aliphatic hydroxyl groups excluding tert-OH is 1. The van der Waals surface area contributed by atoms with Crippen molar-refractivity contribution in [2.45, 2.75) is 323 Å². The van der Waals surface area contributed by atoms with E-state index in [1.54, 1.807) is 21.3 Å². The molecule has 0 saturated carbocycles. The zero-order valence-electron chi connectivity index (χ0n) is 57.0. The van der Waals surface area contributed by atoms with E-state index in [0.29, 0.717) is 50.8 Å². The fourth-order valence-electron chi connectivity index (χ4n) is 10.6. The zero-order valence-corrected chi connectivity index (χ0v) is 62.9. The van der Waals surface area contributed by atoms with Gasteiger partial charge in [-0.25, -0.2) is 4.67 Å². The number of halogens is 1. The first-order valence-electron chi connectivity index (χ1n) is 34.4. The average Bonchev–Trinajstić information content (AvgIpc) is 3.47. The Balaban J connectivity index is -0.000000541. The van der Waals surface area contributed by atoms with Crippen LogP contribution in [0.15, 0.2) is 24.3 Å². The maximum absolute atomic E-state index is 11.7. The second kappa shape index (κ2) is 74.1. The van der Waals surface area contributed by atoms with E-state index in [2.05, 4.69) is 106 Å². The maximum atomic E-state index is 11.7. The summed E-state index contributed by atoms with van der Waals surface area (Å²) >= 11 is 2.30. The molecule has 14 heteroatoms. The summed E-state index contributed by atoms with van der Waals surface area (Å²) in [5, 5.41) is 19.9. The number of nitrogens with one attached hydrogen (secondary N) is 2. The summed E-state index contributed by atoms with van der Waals surface area (Å²) in [6, 6.07) is 2.80. The fourth-order valence-corrected chi connectivity index (χ4v) is 12.9. The molecule has 11 nitrogen and oxygen atoms in total. The first kappa shape index (κ1) is 90.8. The van der Waals surface area contributed by atoms with Gasteiger partial charge in [0.15, 0.2) is 0 Å². The van der Waals surface area contributed by atoms with Gasteiger partial charge in [-0.2, -0.15) is 11.8 Å². The second-order valence-corrected chi connectivity index (χ2v) is 27.1. The van der Waals surface area contributed by atoms with Crippen LogP contribution in [0.25, 0.3) is 5.73 Å². The van der Waals surface area contributed by atoms with Crippen LogP contribution in [0.1, 0.15) is 305 Å². The number of carbonyl (C=O) groups excluding carboxylic acids is 1. The molecule has 0 fully saturated rings. The Labute approximate surface area is 562 Å². The maximum Gasteiger partial charge on any atom is 0.258 e. The summed E-state index contributed by atoms with van der Waals surface area (Å²) in [5.41, 5.74) is 8.45. The number of amides is 1. The topological polar surface area (TPSA) is 146 Å². The van der Waals surface area contributed by atoms with Crippen LogP contribution in [0.3, 0.4) is 0 Å². The van der Waals surface area contributed by atoms with E-state index >= 15 is 0 Å². The van der Waals surface area contributed by atoms with Gasteiger partial charge in [-0.3, -0.25) is 4.79 Å². The van der Waals surface area contributed by atoms with Crippen LogP contribution < -0.4 is 5.32 Å². The molecular weight excluding hydrogens is 1260 g/mol. The number of ether oxygens (including phenoxy) is 3. The summed E-state index contributed by atoms with van der Waals surface area (Å²) < 4.78 is 29.5. The van der Waals surface area contributed by atoms with Crippen molar-refractivity contribution in [3.05, 3.63) is 30.0 Å². The van der Waals surface area contributed by atoms with Crippen molar-refractivity contribution in [3.8, 4) is 6.07 Å². The van der Waals surface area contributed by atoms with Crippen LogP contribution in [0, 0.1) is 29.1 Å². The number of nitriles is 1. The van der Waals surface area contributed by atoms with Crippen molar-refractivity contribution in [3.63, 3.8) is 0 Å². The van der Waals surface area contributed by atoms with Gasteiger partial charge in [-0.15, -0.1) is 6.58 Å². The third-order valence-corrected chi connectivity index (χ3v) is 18.4. The van der Waals surface area contributed by atoms with Gasteiger partial charge in [0.2, 0.25) is 5.91 Å². The number of alkyl halides is 1.